The van der Waals surface area contributed by atoms with Crippen LogP contribution in [0.25, 0.3) is 0 Å². The van der Waals surface area contributed by atoms with E-state index in [4.69, 9.17) is 28.6 Å². The third kappa shape index (κ3) is 5.33. The van der Waals surface area contributed by atoms with Crippen molar-refractivity contribution in [1.29, 1.82) is 0 Å². The number of anilines is 1. The van der Waals surface area contributed by atoms with Crippen molar-refractivity contribution < 1.29 is 4.74 Å². The first-order valence-corrected chi connectivity index (χ1v) is 8.81. The number of methoxy groups -OCH3 is 1. The Morgan fingerprint density at radius 1 is 1.24 bits per heavy atom. The summed E-state index contributed by atoms with van der Waals surface area (Å²) in [5, 5.41) is 7.79. The van der Waals surface area contributed by atoms with Gasteiger partial charge in [-0.05, 0) is 68.6 Å². The Bertz CT molecular complexity index is 736. The summed E-state index contributed by atoms with van der Waals surface area (Å²) in [6.45, 7) is 2.64. The van der Waals surface area contributed by atoms with E-state index in [0.29, 0.717) is 11.7 Å². The van der Waals surface area contributed by atoms with E-state index >= 15 is 0 Å². The predicted octanol–water partition coefficient (Wildman–Crippen LogP) is 4.25. The van der Waals surface area contributed by atoms with Crippen molar-refractivity contribution in [2.24, 2.45) is 0 Å². The standard InChI is InChI=1S/C19H24ClN3OS/c1-13-16(20)9-6-10-17(13)22-19(25)21-12-18(23(2)3)14-7-5-8-15(11-14)24-4/h5-11,18H,12H2,1-4H3,(H2,21,22,25)/t18-/m1/s1. The zero-order valence-electron chi connectivity index (χ0n) is 15.0. The molecule has 0 radical (unpaired) electrons. The number of hydrogen-bond donors (Lipinski definition) is 2. The summed E-state index contributed by atoms with van der Waals surface area (Å²) in [5.41, 5.74) is 3.05. The summed E-state index contributed by atoms with van der Waals surface area (Å²) in [4.78, 5) is 2.15. The van der Waals surface area contributed by atoms with Gasteiger partial charge in [0.1, 0.15) is 5.75 Å². The Morgan fingerprint density at radius 2 is 1.96 bits per heavy atom. The Hall–Kier alpha value is -1.82. The van der Waals surface area contributed by atoms with E-state index in [2.05, 4.69) is 21.6 Å². The summed E-state index contributed by atoms with van der Waals surface area (Å²) in [6, 6.07) is 14.0. The molecule has 2 rings (SSSR count). The van der Waals surface area contributed by atoms with Crippen LogP contribution in [0.3, 0.4) is 0 Å². The molecule has 0 saturated heterocycles. The van der Waals surface area contributed by atoms with E-state index in [0.717, 1.165) is 22.0 Å². The van der Waals surface area contributed by atoms with E-state index in [9.17, 15) is 0 Å². The minimum atomic E-state index is 0.162. The van der Waals surface area contributed by atoms with Gasteiger partial charge in [-0.25, -0.2) is 0 Å². The van der Waals surface area contributed by atoms with E-state index < -0.39 is 0 Å². The number of benzene rings is 2. The fraction of sp³-hybridized carbons (Fsp3) is 0.316. The van der Waals surface area contributed by atoms with Gasteiger partial charge in [-0.2, -0.15) is 0 Å². The van der Waals surface area contributed by atoms with Gasteiger partial charge in [0, 0.05) is 17.3 Å². The second kappa shape index (κ2) is 9.04. The molecular weight excluding hydrogens is 354 g/mol. The Morgan fingerprint density at radius 3 is 2.64 bits per heavy atom. The summed E-state index contributed by atoms with van der Waals surface area (Å²) in [7, 11) is 5.77. The first-order chi connectivity index (χ1) is 11.9. The lowest BCUT2D eigenvalue weighted by molar-refractivity contribution is 0.298. The molecule has 2 aromatic rings. The van der Waals surface area contributed by atoms with Crippen LogP contribution in [0.15, 0.2) is 42.5 Å². The molecule has 0 saturated carbocycles. The Balaban J connectivity index is 2.03. The topological polar surface area (TPSA) is 36.5 Å². The van der Waals surface area contributed by atoms with Crippen LogP contribution in [-0.4, -0.2) is 37.8 Å². The van der Waals surface area contributed by atoms with Crippen LogP contribution in [0.5, 0.6) is 5.75 Å². The highest BCUT2D eigenvalue weighted by atomic mass is 35.5. The molecular formula is C19H24ClN3OS. The molecule has 0 heterocycles. The zero-order valence-corrected chi connectivity index (χ0v) is 16.5. The van der Waals surface area contributed by atoms with E-state index in [-0.39, 0.29) is 6.04 Å². The van der Waals surface area contributed by atoms with Crippen LogP contribution in [0.2, 0.25) is 5.02 Å². The molecule has 0 spiro atoms. The SMILES string of the molecule is COc1cccc([C@@H](CNC(=S)Nc2cccc(Cl)c2C)N(C)C)c1. The van der Waals surface area contributed by atoms with Crippen molar-refractivity contribution in [3.63, 3.8) is 0 Å². The summed E-state index contributed by atoms with van der Waals surface area (Å²) in [6.07, 6.45) is 0. The number of nitrogens with one attached hydrogen (secondary N) is 2. The summed E-state index contributed by atoms with van der Waals surface area (Å²) < 4.78 is 5.32. The van der Waals surface area contributed by atoms with Crippen LogP contribution < -0.4 is 15.4 Å². The molecule has 0 fully saturated rings. The van der Waals surface area contributed by atoms with Gasteiger partial charge in [-0.15, -0.1) is 0 Å². The van der Waals surface area contributed by atoms with Gasteiger partial charge in [0.05, 0.1) is 13.2 Å². The third-order valence-electron chi connectivity index (χ3n) is 4.07. The van der Waals surface area contributed by atoms with Gasteiger partial charge < -0.3 is 20.3 Å². The predicted molar refractivity (Wildman–Crippen MR) is 110 cm³/mol. The monoisotopic (exact) mass is 377 g/mol. The van der Waals surface area contributed by atoms with Crippen molar-refractivity contribution in [3.05, 3.63) is 58.6 Å². The molecule has 1 atom stereocenters. The number of thiocarbonyl (C=S) groups is 1. The molecule has 134 valence electrons. The van der Waals surface area contributed by atoms with E-state index in [1.165, 1.54) is 5.56 Å². The molecule has 25 heavy (non-hydrogen) atoms. The summed E-state index contributed by atoms with van der Waals surface area (Å²) >= 11 is 11.6. The van der Waals surface area contributed by atoms with Crippen molar-refractivity contribution in [3.8, 4) is 5.75 Å². The van der Waals surface area contributed by atoms with Crippen LogP contribution in [-0.2, 0) is 0 Å². The molecule has 0 bridgehead atoms. The molecule has 0 aliphatic carbocycles. The average Bonchev–Trinajstić information content (AvgIpc) is 2.59. The lowest BCUT2D eigenvalue weighted by atomic mass is 10.1. The normalized spacial score (nSPS) is 11.9. The van der Waals surface area contributed by atoms with Gasteiger partial charge in [-0.3, -0.25) is 0 Å². The smallest absolute Gasteiger partial charge is 0.170 e. The second-order valence-corrected chi connectivity index (χ2v) is 6.82. The molecule has 2 N–H and O–H groups in total. The molecule has 6 heteroatoms. The van der Waals surface area contributed by atoms with Gasteiger partial charge in [0.2, 0.25) is 0 Å². The Labute approximate surface area is 160 Å². The van der Waals surface area contributed by atoms with Crippen molar-refractivity contribution >= 4 is 34.6 Å². The lowest BCUT2D eigenvalue weighted by Crippen LogP contribution is -2.36. The number of hydrogen-bond acceptors (Lipinski definition) is 3. The minimum absolute atomic E-state index is 0.162. The average molecular weight is 378 g/mol. The quantitative estimate of drug-likeness (QED) is 0.736. The van der Waals surface area contributed by atoms with Crippen LogP contribution >= 0.6 is 23.8 Å². The number of ether oxygens (including phenoxy) is 1. The van der Waals surface area contributed by atoms with Crippen LogP contribution in [0, 0.1) is 6.92 Å². The van der Waals surface area contributed by atoms with Crippen molar-refractivity contribution in [2.75, 3.05) is 33.1 Å². The van der Waals surface area contributed by atoms with E-state index in [1.807, 2.05) is 57.4 Å². The molecule has 4 nitrogen and oxygen atoms in total. The summed E-state index contributed by atoms with van der Waals surface area (Å²) in [5.74, 6) is 0.847. The molecule has 0 unspecified atom stereocenters. The fourth-order valence-corrected chi connectivity index (χ4v) is 2.91. The van der Waals surface area contributed by atoms with Crippen LogP contribution in [0.4, 0.5) is 5.69 Å². The van der Waals surface area contributed by atoms with Crippen molar-refractivity contribution in [1.82, 2.24) is 10.2 Å². The number of nitrogens with zero attached hydrogens (tertiary/aromatic N) is 1. The Kier molecular flexibility index (Phi) is 7.05. The fourth-order valence-electron chi connectivity index (χ4n) is 2.55. The number of rotatable bonds is 6. The highest BCUT2D eigenvalue weighted by Gasteiger charge is 2.15. The number of likely N-dealkylation sites (N-methyl/N-ethyl adjacent to an activating group) is 1. The third-order valence-corrected chi connectivity index (χ3v) is 4.73. The number of halogens is 1. The highest BCUT2D eigenvalue weighted by molar-refractivity contribution is 7.80. The maximum atomic E-state index is 6.15. The maximum absolute atomic E-state index is 6.15. The zero-order chi connectivity index (χ0) is 18.4. The largest absolute Gasteiger partial charge is 0.497 e. The first kappa shape index (κ1) is 19.5. The molecule has 0 amide bonds. The second-order valence-electron chi connectivity index (χ2n) is 6.00. The van der Waals surface area contributed by atoms with Gasteiger partial charge in [-0.1, -0.05) is 29.8 Å². The lowest BCUT2D eigenvalue weighted by Gasteiger charge is -2.26. The maximum Gasteiger partial charge on any atom is 0.170 e. The van der Waals surface area contributed by atoms with Gasteiger partial charge in [0.15, 0.2) is 5.11 Å². The molecule has 0 aliphatic rings. The van der Waals surface area contributed by atoms with Gasteiger partial charge in [0.25, 0.3) is 0 Å². The molecule has 2 aromatic carbocycles. The first-order valence-electron chi connectivity index (χ1n) is 8.02. The minimum Gasteiger partial charge on any atom is -0.497 e. The van der Waals surface area contributed by atoms with E-state index in [1.54, 1.807) is 7.11 Å². The highest BCUT2D eigenvalue weighted by Crippen LogP contribution is 2.24. The molecule has 0 aliphatic heterocycles. The molecule has 0 aromatic heterocycles. The van der Waals surface area contributed by atoms with Crippen molar-refractivity contribution in [2.45, 2.75) is 13.0 Å². The van der Waals surface area contributed by atoms with Crippen LogP contribution in [0.1, 0.15) is 17.2 Å². The van der Waals surface area contributed by atoms with Gasteiger partial charge >= 0.3 is 0 Å².